The molecule has 0 fully saturated rings. The third-order valence-corrected chi connectivity index (χ3v) is 5.11. The highest BCUT2D eigenvalue weighted by atomic mass is 79.9. The smallest absolute Gasteiger partial charge is 0.339 e. The highest BCUT2D eigenvalue weighted by molar-refractivity contribution is 9.10. The van der Waals surface area contributed by atoms with Crippen LogP contribution in [-0.4, -0.2) is 40.1 Å². The number of amides is 1. The minimum absolute atomic E-state index is 0.0536. The van der Waals surface area contributed by atoms with Crippen LogP contribution in [0.1, 0.15) is 15.9 Å². The van der Waals surface area contributed by atoms with E-state index in [-0.39, 0.29) is 23.6 Å². The number of hydrogen-bond acceptors (Lipinski definition) is 6. The third-order valence-electron chi connectivity index (χ3n) is 3.50. The van der Waals surface area contributed by atoms with Gasteiger partial charge in [-0.15, -0.1) is 0 Å². The van der Waals surface area contributed by atoms with Crippen molar-refractivity contribution in [1.82, 2.24) is 5.32 Å². The summed E-state index contributed by atoms with van der Waals surface area (Å²) in [7, 11) is -3.97. The molecule has 0 spiro atoms. The van der Waals surface area contributed by atoms with E-state index in [1.807, 2.05) is 31.2 Å². The van der Waals surface area contributed by atoms with Gasteiger partial charge in [0.05, 0.1) is 17.0 Å². The molecule has 0 radical (unpaired) electrons. The van der Waals surface area contributed by atoms with Gasteiger partial charge >= 0.3 is 5.97 Å². The molecule has 28 heavy (non-hydrogen) atoms. The van der Waals surface area contributed by atoms with Crippen LogP contribution in [0.3, 0.4) is 0 Å². The summed E-state index contributed by atoms with van der Waals surface area (Å²) in [6.45, 7) is 1.91. The van der Waals surface area contributed by atoms with Crippen molar-refractivity contribution in [1.29, 1.82) is 0 Å². The SMILES string of the molecule is Cc1cccc(OCCNC(=O)COC(=O)c2cc(S(N)(=O)=O)ccc2Br)c1. The van der Waals surface area contributed by atoms with Crippen LogP contribution in [0, 0.1) is 6.92 Å². The van der Waals surface area contributed by atoms with Gasteiger partial charge in [0, 0.05) is 4.47 Å². The average molecular weight is 471 g/mol. The molecule has 3 N–H and O–H groups in total. The van der Waals surface area contributed by atoms with Crippen molar-refractivity contribution in [3.8, 4) is 5.75 Å². The number of esters is 1. The summed E-state index contributed by atoms with van der Waals surface area (Å²) in [5.74, 6) is -0.677. The average Bonchev–Trinajstić information content (AvgIpc) is 2.63. The molecule has 1 amide bonds. The molecule has 0 heterocycles. The molecule has 2 aromatic rings. The van der Waals surface area contributed by atoms with Crippen molar-refractivity contribution in [3.05, 3.63) is 58.1 Å². The normalized spacial score (nSPS) is 11.0. The number of nitrogens with one attached hydrogen (secondary N) is 1. The van der Waals surface area contributed by atoms with Crippen LogP contribution < -0.4 is 15.2 Å². The summed E-state index contributed by atoms with van der Waals surface area (Å²) < 4.78 is 33.5. The maximum Gasteiger partial charge on any atom is 0.339 e. The predicted molar refractivity (Wildman–Crippen MR) is 105 cm³/mol. The molecule has 0 saturated heterocycles. The Balaban J connectivity index is 1.80. The monoisotopic (exact) mass is 470 g/mol. The molecule has 0 aliphatic heterocycles. The molecule has 0 aliphatic rings. The van der Waals surface area contributed by atoms with Crippen LogP contribution in [0.4, 0.5) is 0 Å². The Morgan fingerprint density at radius 1 is 1.18 bits per heavy atom. The molecule has 0 saturated carbocycles. The molecular formula is C18H19BrN2O6S. The maximum atomic E-state index is 12.1. The lowest BCUT2D eigenvalue weighted by molar-refractivity contribution is -0.124. The number of rotatable bonds is 8. The zero-order chi connectivity index (χ0) is 20.7. The van der Waals surface area contributed by atoms with Crippen molar-refractivity contribution >= 4 is 37.8 Å². The highest BCUT2D eigenvalue weighted by Crippen LogP contribution is 2.21. The molecule has 8 nitrogen and oxygen atoms in total. The number of sulfonamides is 1. The fraction of sp³-hybridized carbons (Fsp3) is 0.222. The predicted octanol–water partition coefficient (Wildman–Crippen LogP) is 1.76. The summed E-state index contributed by atoms with van der Waals surface area (Å²) >= 11 is 3.13. The molecule has 10 heteroatoms. The maximum absolute atomic E-state index is 12.1. The lowest BCUT2D eigenvalue weighted by atomic mass is 10.2. The number of carbonyl (C=O) groups is 2. The van der Waals surface area contributed by atoms with Gasteiger partial charge in [-0.05, 0) is 58.7 Å². The number of halogens is 1. The number of carbonyl (C=O) groups excluding carboxylic acids is 2. The first-order valence-electron chi connectivity index (χ1n) is 8.12. The standard InChI is InChI=1S/C18H19BrN2O6S/c1-12-3-2-4-13(9-12)26-8-7-21-17(22)11-27-18(23)15-10-14(28(20,24)25)5-6-16(15)19/h2-6,9-10H,7-8,11H2,1H3,(H,21,22)(H2,20,24,25). The van der Waals surface area contributed by atoms with E-state index in [9.17, 15) is 18.0 Å². The van der Waals surface area contributed by atoms with Gasteiger partial charge in [0.25, 0.3) is 5.91 Å². The van der Waals surface area contributed by atoms with E-state index in [1.165, 1.54) is 12.1 Å². The van der Waals surface area contributed by atoms with Gasteiger partial charge in [-0.3, -0.25) is 4.79 Å². The van der Waals surface area contributed by atoms with Crippen LogP contribution in [0.2, 0.25) is 0 Å². The van der Waals surface area contributed by atoms with Gasteiger partial charge in [-0.25, -0.2) is 18.4 Å². The highest BCUT2D eigenvalue weighted by Gasteiger charge is 2.17. The Labute approximate surface area is 171 Å². The van der Waals surface area contributed by atoms with Gasteiger partial charge in [0.15, 0.2) is 6.61 Å². The van der Waals surface area contributed by atoms with Gasteiger partial charge in [-0.1, -0.05) is 12.1 Å². The van der Waals surface area contributed by atoms with E-state index < -0.39 is 28.5 Å². The number of aryl methyl sites for hydroxylation is 1. The van der Waals surface area contributed by atoms with Gasteiger partial charge < -0.3 is 14.8 Å². The van der Waals surface area contributed by atoms with Crippen molar-refractivity contribution in [2.24, 2.45) is 5.14 Å². The Hall–Kier alpha value is -2.43. The number of ether oxygens (including phenoxy) is 2. The minimum atomic E-state index is -3.97. The summed E-state index contributed by atoms with van der Waals surface area (Å²) in [4.78, 5) is 23.7. The van der Waals surface area contributed by atoms with Crippen LogP contribution in [0.25, 0.3) is 0 Å². The lowest BCUT2D eigenvalue weighted by Crippen LogP contribution is -2.32. The molecule has 0 aromatic heterocycles. The Morgan fingerprint density at radius 2 is 1.93 bits per heavy atom. The molecule has 2 rings (SSSR count). The second kappa shape index (κ2) is 9.67. The Bertz CT molecular complexity index is 978. The van der Waals surface area contributed by atoms with E-state index >= 15 is 0 Å². The van der Waals surface area contributed by atoms with Crippen LogP contribution in [0.15, 0.2) is 51.8 Å². The first-order chi connectivity index (χ1) is 13.2. The lowest BCUT2D eigenvalue weighted by Gasteiger charge is -2.10. The summed E-state index contributed by atoms with van der Waals surface area (Å²) in [5, 5.41) is 7.60. The first-order valence-corrected chi connectivity index (χ1v) is 10.5. The molecule has 0 aliphatic carbocycles. The fourth-order valence-corrected chi connectivity index (χ4v) is 3.11. The summed E-state index contributed by atoms with van der Waals surface area (Å²) in [5.41, 5.74) is 1.01. The molecule has 150 valence electrons. The Kier molecular flexibility index (Phi) is 7.55. The van der Waals surface area contributed by atoms with Crippen LogP contribution >= 0.6 is 15.9 Å². The third kappa shape index (κ3) is 6.63. The molecular weight excluding hydrogens is 452 g/mol. The van der Waals surface area contributed by atoms with E-state index in [0.717, 1.165) is 11.6 Å². The Morgan fingerprint density at radius 3 is 2.61 bits per heavy atom. The first kappa shape index (κ1) is 21.9. The zero-order valence-electron chi connectivity index (χ0n) is 15.0. The second-order valence-electron chi connectivity index (χ2n) is 5.78. The van der Waals surface area contributed by atoms with Crippen molar-refractivity contribution in [3.63, 3.8) is 0 Å². The number of benzene rings is 2. The molecule has 0 atom stereocenters. The van der Waals surface area contributed by atoms with E-state index in [4.69, 9.17) is 14.6 Å². The number of nitrogens with two attached hydrogens (primary N) is 1. The van der Waals surface area contributed by atoms with E-state index in [1.54, 1.807) is 0 Å². The summed E-state index contributed by atoms with van der Waals surface area (Å²) in [6.07, 6.45) is 0. The largest absolute Gasteiger partial charge is 0.492 e. The quantitative estimate of drug-likeness (QED) is 0.447. The number of hydrogen-bond donors (Lipinski definition) is 2. The fourth-order valence-electron chi connectivity index (χ4n) is 2.16. The van der Waals surface area contributed by atoms with Crippen LogP contribution in [0.5, 0.6) is 5.75 Å². The van der Waals surface area contributed by atoms with Crippen LogP contribution in [-0.2, 0) is 19.6 Å². The summed E-state index contributed by atoms with van der Waals surface area (Å²) in [6, 6.07) is 11.2. The minimum Gasteiger partial charge on any atom is -0.492 e. The van der Waals surface area contributed by atoms with Crippen molar-refractivity contribution in [2.45, 2.75) is 11.8 Å². The molecule has 2 aromatic carbocycles. The van der Waals surface area contributed by atoms with Gasteiger partial charge in [-0.2, -0.15) is 0 Å². The van der Waals surface area contributed by atoms with E-state index in [2.05, 4.69) is 21.2 Å². The molecule has 0 bridgehead atoms. The van der Waals surface area contributed by atoms with Gasteiger partial charge in [0.1, 0.15) is 12.4 Å². The number of primary sulfonamides is 1. The topological polar surface area (TPSA) is 125 Å². The van der Waals surface area contributed by atoms with Crippen molar-refractivity contribution in [2.75, 3.05) is 19.8 Å². The van der Waals surface area contributed by atoms with E-state index in [0.29, 0.717) is 10.2 Å². The van der Waals surface area contributed by atoms with Gasteiger partial charge in [0.2, 0.25) is 10.0 Å². The van der Waals surface area contributed by atoms with Crippen molar-refractivity contribution < 1.29 is 27.5 Å². The molecule has 0 unspecified atom stereocenters. The second-order valence-corrected chi connectivity index (χ2v) is 8.19. The zero-order valence-corrected chi connectivity index (χ0v) is 17.4.